The number of carbonyl (C=O) groups is 2. The van der Waals surface area contributed by atoms with E-state index < -0.39 is 17.6 Å². The van der Waals surface area contributed by atoms with E-state index in [4.69, 9.17) is 4.42 Å². The number of anilines is 1. The van der Waals surface area contributed by atoms with E-state index in [1.165, 1.54) is 24.3 Å². The molecule has 0 saturated heterocycles. The number of furan rings is 1. The minimum Gasteiger partial charge on any atom is -0.451 e. The zero-order valence-corrected chi connectivity index (χ0v) is 24.1. The molecule has 4 aromatic rings. The summed E-state index contributed by atoms with van der Waals surface area (Å²) in [5.41, 5.74) is 0.807. The molecule has 12 heteroatoms. The Morgan fingerprint density at radius 1 is 1.00 bits per heavy atom. The average molecular weight is 595 g/mol. The van der Waals surface area contributed by atoms with Gasteiger partial charge in [0.15, 0.2) is 5.76 Å². The van der Waals surface area contributed by atoms with Crippen LogP contribution >= 0.6 is 0 Å². The number of hydrogen-bond acceptors (Lipinski definition) is 6. The molecule has 0 unspecified atom stereocenters. The van der Waals surface area contributed by atoms with Crippen molar-refractivity contribution in [3.8, 4) is 11.3 Å². The van der Waals surface area contributed by atoms with E-state index in [2.05, 4.69) is 46.7 Å². The van der Waals surface area contributed by atoms with Crippen molar-refractivity contribution < 1.29 is 27.2 Å². The number of rotatable bonds is 7. The highest BCUT2D eigenvalue weighted by atomic mass is 19.4. The SMILES string of the molecule is CC(C)(C)C1CCC(N(Cc2ccc(C(=O)Nc3nn[nH]n3)cc2)C(=O)c2ccc(-c3cccc(C(F)(F)F)c3)o2)CC1. The predicted octanol–water partition coefficient (Wildman–Crippen LogP) is 6.98. The summed E-state index contributed by atoms with van der Waals surface area (Å²) in [6.45, 7) is 6.97. The van der Waals surface area contributed by atoms with Crippen molar-refractivity contribution in [2.75, 3.05) is 5.32 Å². The van der Waals surface area contributed by atoms with Gasteiger partial charge in [-0.15, -0.1) is 5.10 Å². The first-order valence-electron chi connectivity index (χ1n) is 14.1. The second-order valence-electron chi connectivity index (χ2n) is 11.9. The number of aromatic nitrogens is 4. The number of H-pyrrole nitrogens is 1. The maximum absolute atomic E-state index is 13.9. The van der Waals surface area contributed by atoms with E-state index in [0.29, 0.717) is 11.5 Å². The maximum atomic E-state index is 13.9. The molecule has 5 rings (SSSR count). The van der Waals surface area contributed by atoms with E-state index in [0.717, 1.165) is 43.4 Å². The Balaban J connectivity index is 1.37. The highest BCUT2D eigenvalue weighted by molar-refractivity contribution is 6.03. The lowest BCUT2D eigenvalue weighted by Crippen LogP contribution is -2.43. The van der Waals surface area contributed by atoms with Crippen LogP contribution in [0.1, 0.15) is 78.5 Å². The fourth-order valence-electron chi connectivity index (χ4n) is 5.57. The van der Waals surface area contributed by atoms with Gasteiger partial charge >= 0.3 is 6.18 Å². The Labute approximate surface area is 246 Å². The number of amides is 2. The van der Waals surface area contributed by atoms with Crippen molar-refractivity contribution in [2.45, 2.75) is 65.2 Å². The summed E-state index contributed by atoms with van der Waals surface area (Å²) in [7, 11) is 0. The van der Waals surface area contributed by atoms with E-state index >= 15 is 0 Å². The highest BCUT2D eigenvalue weighted by Crippen LogP contribution is 2.40. The van der Waals surface area contributed by atoms with Crippen molar-refractivity contribution >= 4 is 17.8 Å². The second-order valence-corrected chi connectivity index (χ2v) is 11.9. The molecule has 1 saturated carbocycles. The van der Waals surface area contributed by atoms with E-state index in [1.807, 2.05) is 0 Å². The van der Waals surface area contributed by atoms with Crippen molar-refractivity contribution in [3.05, 3.63) is 83.1 Å². The molecule has 9 nitrogen and oxygen atoms in total. The van der Waals surface area contributed by atoms with Gasteiger partial charge in [0.25, 0.3) is 17.8 Å². The molecule has 2 heterocycles. The van der Waals surface area contributed by atoms with Crippen molar-refractivity contribution in [1.29, 1.82) is 0 Å². The van der Waals surface area contributed by atoms with Gasteiger partial charge in [-0.1, -0.05) is 50.1 Å². The van der Waals surface area contributed by atoms with Crippen LogP contribution in [0.15, 0.2) is 65.1 Å². The van der Waals surface area contributed by atoms with Gasteiger partial charge < -0.3 is 9.32 Å². The Kier molecular flexibility index (Phi) is 8.38. The van der Waals surface area contributed by atoms with Crippen LogP contribution in [0.3, 0.4) is 0 Å². The number of aromatic amines is 1. The van der Waals surface area contributed by atoms with Crippen LogP contribution in [-0.2, 0) is 12.7 Å². The average Bonchev–Trinajstić information content (AvgIpc) is 3.68. The van der Waals surface area contributed by atoms with E-state index in [1.54, 1.807) is 29.2 Å². The number of nitrogens with one attached hydrogen (secondary N) is 2. The van der Waals surface area contributed by atoms with Crippen LogP contribution in [0.25, 0.3) is 11.3 Å². The topological polar surface area (TPSA) is 117 Å². The molecule has 0 spiro atoms. The molecule has 2 aromatic heterocycles. The Bertz CT molecular complexity index is 1550. The summed E-state index contributed by atoms with van der Waals surface area (Å²) in [5, 5.41) is 15.6. The summed E-state index contributed by atoms with van der Waals surface area (Å²) in [6.07, 6.45) is -0.908. The lowest BCUT2D eigenvalue weighted by atomic mass is 9.71. The van der Waals surface area contributed by atoms with Gasteiger partial charge in [-0.2, -0.15) is 18.4 Å². The first-order valence-corrected chi connectivity index (χ1v) is 14.1. The molecular formula is C31H33F3N6O3. The smallest absolute Gasteiger partial charge is 0.416 e. The number of hydrogen-bond donors (Lipinski definition) is 2. The van der Waals surface area contributed by atoms with Crippen LogP contribution in [0.4, 0.5) is 19.1 Å². The number of carbonyl (C=O) groups excluding carboxylic acids is 2. The Morgan fingerprint density at radius 2 is 1.72 bits per heavy atom. The van der Waals surface area contributed by atoms with Crippen LogP contribution in [0.2, 0.25) is 0 Å². The molecule has 0 atom stereocenters. The standard InChI is InChI=1S/C31H33F3N6O3/c1-30(2,3)22-11-13-24(14-12-22)40(18-19-7-9-20(10-8-19)27(41)35-29-36-38-39-37-29)28(42)26-16-15-25(43-26)21-5-4-6-23(17-21)31(32,33)34/h4-10,15-17,22,24H,11-14,18H2,1-3H3,(H2,35,36,37,38,39,41). The third-order valence-corrected chi connectivity index (χ3v) is 8.05. The van der Waals surface area contributed by atoms with Gasteiger partial charge in [0.2, 0.25) is 0 Å². The lowest BCUT2D eigenvalue weighted by Gasteiger charge is -2.41. The fourth-order valence-corrected chi connectivity index (χ4v) is 5.57. The van der Waals surface area contributed by atoms with Gasteiger partial charge in [0, 0.05) is 23.7 Å². The van der Waals surface area contributed by atoms with E-state index in [-0.39, 0.29) is 46.9 Å². The van der Waals surface area contributed by atoms with Crippen molar-refractivity contribution in [2.24, 2.45) is 11.3 Å². The quantitative estimate of drug-likeness (QED) is 0.239. The highest BCUT2D eigenvalue weighted by Gasteiger charge is 2.35. The van der Waals surface area contributed by atoms with E-state index in [9.17, 15) is 22.8 Å². The minimum atomic E-state index is -4.49. The molecule has 2 aromatic carbocycles. The Morgan fingerprint density at radius 3 is 2.35 bits per heavy atom. The van der Waals surface area contributed by atoms with Crippen molar-refractivity contribution in [1.82, 2.24) is 25.5 Å². The van der Waals surface area contributed by atoms with Crippen LogP contribution < -0.4 is 5.32 Å². The monoisotopic (exact) mass is 594 g/mol. The molecule has 0 radical (unpaired) electrons. The van der Waals surface area contributed by atoms with Gasteiger partial charge in [-0.05, 0) is 84.2 Å². The number of nitrogens with zero attached hydrogens (tertiary/aromatic N) is 4. The normalized spacial score (nSPS) is 17.4. The van der Waals surface area contributed by atoms with Gasteiger partial charge in [-0.3, -0.25) is 14.9 Å². The zero-order valence-electron chi connectivity index (χ0n) is 24.1. The molecule has 2 N–H and O–H groups in total. The predicted molar refractivity (Wildman–Crippen MR) is 153 cm³/mol. The molecule has 0 bridgehead atoms. The molecule has 1 fully saturated rings. The van der Waals surface area contributed by atoms with Crippen molar-refractivity contribution in [3.63, 3.8) is 0 Å². The number of alkyl halides is 3. The molecule has 226 valence electrons. The summed E-state index contributed by atoms with van der Waals surface area (Å²) in [4.78, 5) is 28.2. The Hall–Kier alpha value is -4.48. The molecule has 2 amide bonds. The fraction of sp³-hybridized carbons (Fsp3) is 0.387. The third kappa shape index (κ3) is 7.12. The van der Waals surface area contributed by atoms with Gasteiger partial charge in [0.1, 0.15) is 5.76 Å². The van der Waals surface area contributed by atoms with Crippen LogP contribution in [0.5, 0.6) is 0 Å². The largest absolute Gasteiger partial charge is 0.451 e. The zero-order chi connectivity index (χ0) is 30.8. The second kappa shape index (κ2) is 12.0. The first-order chi connectivity index (χ1) is 20.4. The summed E-state index contributed by atoms with van der Waals surface area (Å²) >= 11 is 0. The molecule has 43 heavy (non-hydrogen) atoms. The molecule has 1 aliphatic carbocycles. The first kappa shape index (κ1) is 30.0. The molecule has 0 aliphatic heterocycles. The summed E-state index contributed by atoms with van der Waals surface area (Å²) < 4.78 is 45.7. The molecular weight excluding hydrogens is 561 g/mol. The number of halogens is 3. The number of benzene rings is 2. The van der Waals surface area contributed by atoms with Crippen LogP contribution in [-0.4, -0.2) is 43.4 Å². The van der Waals surface area contributed by atoms with Crippen LogP contribution in [0, 0.1) is 11.3 Å². The third-order valence-electron chi connectivity index (χ3n) is 8.05. The molecule has 1 aliphatic rings. The lowest BCUT2D eigenvalue weighted by molar-refractivity contribution is -0.137. The summed E-state index contributed by atoms with van der Waals surface area (Å²) in [6, 6.07) is 14.7. The van der Waals surface area contributed by atoms with Gasteiger partial charge in [0.05, 0.1) is 5.56 Å². The van der Waals surface area contributed by atoms with Gasteiger partial charge in [-0.25, -0.2) is 0 Å². The number of tetrazole rings is 1. The summed E-state index contributed by atoms with van der Waals surface area (Å²) in [5.74, 6) is 0.0909. The maximum Gasteiger partial charge on any atom is 0.416 e. The minimum absolute atomic E-state index is 0.0468.